The van der Waals surface area contributed by atoms with E-state index in [0.29, 0.717) is 5.88 Å². The highest BCUT2D eigenvalue weighted by molar-refractivity contribution is 6.17. The number of halogens is 1. The quantitative estimate of drug-likeness (QED) is 0.702. The first-order chi connectivity index (χ1) is 7.79. The lowest BCUT2D eigenvalue weighted by Crippen LogP contribution is -2.23. The summed E-state index contributed by atoms with van der Waals surface area (Å²) in [6.07, 6.45) is 4.01. The van der Waals surface area contributed by atoms with Crippen molar-refractivity contribution < 1.29 is 0 Å². The number of alkyl halides is 1. The second-order valence-corrected chi connectivity index (χ2v) is 5.09. The molecule has 1 nitrogen and oxygen atoms in total. The molecule has 1 fully saturated rings. The van der Waals surface area contributed by atoms with Crippen LogP contribution in [0.5, 0.6) is 0 Å². The third-order valence-electron chi connectivity index (χ3n) is 3.47. The Labute approximate surface area is 103 Å². The smallest absolute Gasteiger partial charge is 0.0474 e. The molecule has 2 heteroatoms. The van der Waals surface area contributed by atoms with Crippen molar-refractivity contribution in [3.8, 4) is 0 Å². The Hall–Kier alpha value is -0.690. The van der Waals surface area contributed by atoms with Crippen LogP contribution in [-0.4, -0.2) is 13.1 Å². The lowest BCUT2D eigenvalue weighted by atomic mass is 10.0. The molecule has 0 saturated carbocycles. The normalized spacial score (nSPS) is 21.9. The molecular formula is C14H20ClN. The molecule has 2 rings (SSSR count). The van der Waals surface area contributed by atoms with E-state index in [1.54, 1.807) is 0 Å². The summed E-state index contributed by atoms with van der Waals surface area (Å²) in [4.78, 5) is 2.50. The highest BCUT2D eigenvalue weighted by atomic mass is 35.5. The molecule has 1 atom stereocenters. The average molecular weight is 238 g/mol. The predicted octanol–water partition coefficient (Wildman–Crippen LogP) is 4.05. The number of anilines is 1. The lowest BCUT2D eigenvalue weighted by molar-refractivity contribution is 0.521. The van der Waals surface area contributed by atoms with Crippen LogP contribution in [0.2, 0.25) is 0 Å². The molecule has 1 aliphatic rings. The molecule has 0 amide bonds. The molecule has 1 aromatic carbocycles. The highest BCUT2D eigenvalue weighted by Crippen LogP contribution is 2.22. The minimum absolute atomic E-state index is 0.608. The molecule has 1 aliphatic heterocycles. The Morgan fingerprint density at radius 2 is 1.94 bits per heavy atom. The summed E-state index contributed by atoms with van der Waals surface area (Å²) < 4.78 is 0. The van der Waals surface area contributed by atoms with Gasteiger partial charge >= 0.3 is 0 Å². The SMILES string of the molecule is CC1CCCN(c2ccc(CCl)cc2)CC1. The van der Waals surface area contributed by atoms with E-state index in [-0.39, 0.29) is 0 Å². The van der Waals surface area contributed by atoms with E-state index in [9.17, 15) is 0 Å². The van der Waals surface area contributed by atoms with Gasteiger partial charge in [-0.15, -0.1) is 11.6 Å². The molecule has 0 bridgehead atoms. The molecule has 1 saturated heterocycles. The summed E-state index contributed by atoms with van der Waals surface area (Å²) >= 11 is 5.80. The van der Waals surface area contributed by atoms with E-state index in [4.69, 9.17) is 11.6 Å². The Morgan fingerprint density at radius 3 is 2.62 bits per heavy atom. The maximum absolute atomic E-state index is 5.80. The highest BCUT2D eigenvalue weighted by Gasteiger charge is 2.13. The van der Waals surface area contributed by atoms with Gasteiger partial charge in [0.05, 0.1) is 0 Å². The average Bonchev–Trinajstić information content (AvgIpc) is 2.54. The second kappa shape index (κ2) is 5.58. The molecule has 16 heavy (non-hydrogen) atoms. The molecule has 0 aromatic heterocycles. The van der Waals surface area contributed by atoms with E-state index in [1.165, 1.54) is 43.6 Å². The molecule has 88 valence electrons. The van der Waals surface area contributed by atoms with Crippen molar-refractivity contribution in [2.45, 2.75) is 32.1 Å². The zero-order valence-electron chi connectivity index (χ0n) is 9.95. The largest absolute Gasteiger partial charge is 0.372 e. The zero-order valence-corrected chi connectivity index (χ0v) is 10.7. The van der Waals surface area contributed by atoms with Crippen LogP contribution in [0.1, 0.15) is 31.7 Å². The van der Waals surface area contributed by atoms with Crippen LogP contribution in [0.4, 0.5) is 5.69 Å². The molecule has 0 N–H and O–H groups in total. The summed E-state index contributed by atoms with van der Waals surface area (Å²) in [5, 5.41) is 0. The van der Waals surface area contributed by atoms with Gasteiger partial charge in [-0.1, -0.05) is 19.1 Å². The van der Waals surface area contributed by atoms with E-state index in [1.807, 2.05) is 0 Å². The van der Waals surface area contributed by atoms with E-state index >= 15 is 0 Å². The molecule has 1 unspecified atom stereocenters. The van der Waals surface area contributed by atoms with Crippen LogP contribution in [0.15, 0.2) is 24.3 Å². The van der Waals surface area contributed by atoms with Crippen molar-refractivity contribution in [1.82, 2.24) is 0 Å². The van der Waals surface area contributed by atoms with Gasteiger partial charge in [-0.05, 0) is 42.9 Å². The van der Waals surface area contributed by atoms with Gasteiger partial charge in [-0.2, -0.15) is 0 Å². The Kier molecular flexibility index (Phi) is 4.11. The van der Waals surface area contributed by atoms with Crippen LogP contribution < -0.4 is 4.90 Å². The first-order valence-corrected chi connectivity index (χ1v) is 6.73. The molecule has 0 spiro atoms. The monoisotopic (exact) mass is 237 g/mol. The van der Waals surface area contributed by atoms with Crippen molar-refractivity contribution >= 4 is 17.3 Å². The Bertz CT molecular complexity index is 320. The minimum atomic E-state index is 0.608. The standard InChI is InChI=1S/C14H20ClN/c1-12-3-2-9-16(10-8-12)14-6-4-13(11-15)5-7-14/h4-7,12H,2-3,8-11H2,1H3. The molecule has 1 heterocycles. The summed E-state index contributed by atoms with van der Waals surface area (Å²) in [5.74, 6) is 1.49. The van der Waals surface area contributed by atoms with Crippen molar-refractivity contribution in [3.05, 3.63) is 29.8 Å². The first-order valence-electron chi connectivity index (χ1n) is 6.19. The van der Waals surface area contributed by atoms with Crippen LogP contribution in [0, 0.1) is 5.92 Å². The van der Waals surface area contributed by atoms with Crippen LogP contribution in [-0.2, 0) is 5.88 Å². The fourth-order valence-electron chi connectivity index (χ4n) is 2.32. The fraction of sp³-hybridized carbons (Fsp3) is 0.571. The zero-order chi connectivity index (χ0) is 11.4. The molecule has 1 aromatic rings. The number of benzene rings is 1. The van der Waals surface area contributed by atoms with Crippen molar-refractivity contribution in [1.29, 1.82) is 0 Å². The van der Waals surface area contributed by atoms with Gasteiger partial charge in [0.15, 0.2) is 0 Å². The summed E-state index contributed by atoms with van der Waals surface area (Å²) in [6.45, 7) is 4.76. The number of nitrogens with zero attached hydrogens (tertiary/aromatic N) is 1. The van der Waals surface area contributed by atoms with Gasteiger partial charge in [0.1, 0.15) is 0 Å². The second-order valence-electron chi connectivity index (χ2n) is 4.82. The molecule has 0 radical (unpaired) electrons. The minimum Gasteiger partial charge on any atom is -0.372 e. The van der Waals surface area contributed by atoms with Crippen molar-refractivity contribution in [3.63, 3.8) is 0 Å². The first kappa shape index (κ1) is 11.8. The third kappa shape index (κ3) is 2.91. The summed E-state index contributed by atoms with van der Waals surface area (Å²) in [6, 6.07) is 8.68. The van der Waals surface area contributed by atoms with Crippen molar-refractivity contribution in [2.24, 2.45) is 5.92 Å². The lowest BCUT2D eigenvalue weighted by Gasteiger charge is -2.22. The van der Waals surface area contributed by atoms with Crippen LogP contribution in [0.25, 0.3) is 0 Å². The van der Waals surface area contributed by atoms with Gasteiger partial charge in [0, 0.05) is 24.7 Å². The summed E-state index contributed by atoms with van der Waals surface area (Å²) in [7, 11) is 0. The molecule has 0 aliphatic carbocycles. The van der Waals surface area contributed by atoms with Gasteiger partial charge < -0.3 is 4.90 Å². The van der Waals surface area contributed by atoms with Crippen LogP contribution >= 0.6 is 11.6 Å². The van der Waals surface area contributed by atoms with E-state index in [0.717, 1.165) is 5.92 Å². The van der Waals surface area contributed by atoms with Crippen molar-refractivity contribution in [2.75, 3.05) is 18.0 Å². The third-order valence-corrected chi connectivity index (χ3v) is 3.78. The number of hydrogen-bond acceptors (Lipinski definition) is 1. The Balaban J connectivity index is 2.04. The van der Waals surface area contributed by atoms with E-state index in [2.05, 4.69) is 36.1 Å². The number of rotatable bonds is 2. The maximum atomic E-state index is 5.80. The number of hydrogen-bond donors (Lipinski definition) is 0. The van der Waals surface area contributed by atoms with Crippen LogP contribution in [0.3, 0.4) is 0 Å². The molecular weight excluding hydrogens is 218 g/mol. The fourth-order valence-corrected chi connectivity index (χ4v) is 2.50. The summed E-state index contributed by atoms with van der Waals surface area (Å²) in [5.41, 5.74) is 2.55. The Morgan fingerprint density at radius 1 is 1.19 bits per heavy atom. The van der Waals surface area contributed by atoms with E-state index < -0.39 is 0 Å². The van der Waals surface area contributed by atoms with Gasteiger partial charge in [0.25, 0.3) is 0 Å². The van der Waals surface area contributed by atoms with Gasteiger partial charge in [-0.3, -0.25) is 0 Å². The predicted molar refractivity (Wildman–Crippen MR) is 71.2 cm³/mol. The van der Waals surface area contributed by atoms with Gasteiger partial charge in [0.2, 0.25) is 0 Å². The maximum Gasteiger partial charge on any atom is 0.0474 e. The topological polar surface area (TPSA) is 3.24 Å². The van der Waals surface area contributed by atoms with Gasteiger partial charge in [-0.25, -0.2) is 0 Å².